The van der Waals surface area contributed by atoms with E-state index < -0.39 is 0 Å². The van der Waals surface area contributed by atoms with Crippen LogP contribution in [-0.4, -0.2) is 59.9 Å². The average molecular weight is 408 g/mol. The smallest absolute Gasteiger partial charge is 0.220 e. The molecule has 0 aromatic heterocycles. The van der Waals surface area contributed by atoms with Crippen molar-refractivity contribution in [3.63, 3.8) is 0 Å². The van der Waals surface area contributed by atoms with E-state index in [1.807, 2.05) is 21.6 Å². The second-order valence-electron chi connectivity index (χ2n) is 7.75. The van der Waals surface area contributed by atoms with E-state index in [4.69, 9.17) is 0 Å². The lowest BCUT2D eigenvalue weighted by Gasteiger charge is -2.32. The van der Waals surface area contributed by atoms with E-state index in [1.165, 1.54) is 36.1 Å². The zero-order valence-corrected chi connectivity index (χ0v) is 18.1. The number of benzene rings is 1. The first-order valence-corrected chi connectivity index (χ1v) is 12.6. The van der Waals surface area contributed by atoms with Crippen molar-refractivity contribution in [2.45, 2.75) is 50.4 Å². The van der Waals surface area contributed by atoms with Crippen LogP contribution in [0.25, 0.3) is 0 Å². The number of nitrogens with one attached hydrogen (secondary N) is 1. The molecule has 2 aliphatic heterocycles. The summed E-state index contributed by atoms with van der Waals surface area (Å²) >= 11 is 0. The SMILES string of the molecule is CN1CCN(Cc2ccc(CNC(=O)CCCCC3CCSS3)cc2)CC1. The fourth-order valence-corrected chi connectivity index (χ4v) is 6.57. The third kappa shape index (κ3) is 7.68. The van der Waals surface area contributed by atoms with E-state index in [1.54, 1.807) is 0 Å². The molecule has 4 nitrogen and oxygen atoms in total. The Kier molecular flexibility index (Phi) is 8.84. The summed E-state index contributed by atoms with van der Waals surface area (Å²) in [6, 6.07) is 8.72. The molecule has 0 spiro atoms. The highest BCUT2D eigenvalue weighted by molar-refractivity contribution is 8.77. The third-order valence-electron chi connectivity index (χ3n) is 5.42. The van der Waals surface area contributed by atoms with Gasteiger partial charge >= 0.3 is 0 Å². The highest BCUT2D eigenvalue weighted by atomic mass is 33.1. The fourth-order valence-electron chi connectivity index (χ4n) is 3.54. The summed E-state index contributed by atoms with van der Waals surface area (Å²) in [4.78, 5) is 16.9. The lowest BCUT2D eigenvalue weighted by molar-refractivity contribution is -0.121. The highest BCUT2D eigenvalue weighted by Gasteiger charge is 2.16. The van der Waals surface area contributed by atoms with E-state index in [0.717, 1.165) is 44.4 Å². The fraction of sp³-hybridized carbons (Fsp3) is 0.667. The molecule has 27 heavy (non-hydrogen) atoms. The molecule has 6 heteroatoms. The highest BCUT2D eigenvalue weighted by Crippen LogP contribution is 2.39. The lowest BCUT2D eigenvalue weighted by Crippen LogP contribution is -2.43. The number of hydrogen-bond acceptors (Lipinski definition) is 5. The van der Waals surface area contributed by atoms with Gasteiger partial charge in [-0.15, -0.1) is 0 Å². The van der Waals surface area contributed by atoms with Gasteiger partial charge in [0.05, 0.1) is 0 Å². The monoisotopic (exact) mass is 407 g/mol. The minimum atomic E-state index is 0.185. The van der Waals surface area contributed by atoms with Crippen LogP contribution >= 0.6 is 21.6 Å². The number of likely N-dealkylation sites (N-methyl/N-ethyl adjacent to an activating group) is 1. The van der Waals surface area contributed by atoms with E-state index >= 15 is 0 Å². The number of rotatable bonds is 9. The Morgan fingerprint density at radius 3 is 2.56 bits per heavy atom. The van der Waals surface area contributed by atoms with Crippen molar-refractivity contribution >= 4 is 27.5 Å². The molecule has 2 saturated heterocycles. The van der Waals surface area contributed by atoms with E-state index in [0.29, 0.717) is 13.0 Å². The lowest BCUT2D eigenvalue weighted by atomic mass is 10.1. The summed E-state index contributed by atoms with van der Waals surface area (Å²) < 4.78 is 0. The molecule has 1 aromatic carbocycles. The van der Waals surface area contributed by atoms with Crippen LogP contribution in [0.3, 0.4) is 0 Å². The van der Waals surface area contributed by atoms with Gasteiger partial charge < -0.3 is 10.2 Å². The van der Waals surface area contributed by atoms with Crippen molar-refractivity contribution in [1.29, 1.82) is 0 Å². The van der Waals surface area contributed by atoms with Gasteiger partial charge in [0.1, 0.15) is 0 Å². The minimum absolute atomic E-state index is 0.185. The van der Waals surface area contributed by atoms with Crippen molar-refractivity contribution in [1.82, 2.24) is 15.1 Å². The molecule has 1 N–H and O–H groups in total. The number of hydrogen-bond donors (Lipinski definition) is 1. The molecule has 1 amide bonds. The number of carbonyl (C=O) groups excluding carboxylic acids is 1. The molecule has 2 aliphatic rings. The summed E-state index contributed by atoms with van der Waals surface area (Å²) in [5, 5.41) is 3.89. The van der Waals surface area contributed by atoms with Crippen LogP contribution in [0.1, 0.15) is 43.2 Å². The number of nitrogens with zero attached hydrogens (tertiary/aromatic N) is 2. The molecule has 1 unspecified atom stereocenters. The molecular weight excluding hydrogens is 374 g/mol. The molecule has 0 radical (unpaired) electrons. The van der Waals surface area contributed by atoms with Gasteiger partial charge in [-0.3, -0.25) is 9.69 Å². The van der Waals surface area contributed by atoms with Gasteiger partial charge in [-0.25, -0.2) is 0 Å². The Balaban J connectivity index is 1.29. The Bertz CT molecular complexity index is 567. The number of amides is 1. The van der Waals surface area contributed by atoms with E-state index in [2.05, 4.69) is 46.4 Å². The largest absolute Gasteiger partial charge is 0.352 e. The molecule has 0 aliphatic carbocycles. The molecule has 2 fully saturated rings. The van der Waals surface area contributed by atoms with Gasteiger partial charge in [0, 0.05) is 56.7 Å². The van der Waals surface area contributed by atoms with E-state index in [9.17, 15) is 4.79 Å². The first-order valence-electron chi connectivity index (χ1n) is 10.2. The minimum Gasteiger partial charge on any atom is -0.352 e. The zero-order chi connectivity index (χ0) is 18.9. The standard InChI is InChI=1S/C21H33N3OS2/c1-23-11-13-24(14-12-23)17-19-8-6-18(7-9-19)16-22-21(25)5-3-2-4-20-10-15-26-27-20/h6-9,20H,2-5,10-17H2,1H3,(H,22,25). The third-order valence-corrected chi connectivity index (χ3v) is 8.43. The predicted molar refractivity (Wildman–Crippen MR) is 118 cm³/mol. The molecule has 150 valence electrons. The normalized spacial score (nSPS) is 21.4. The first-order chi connectivity index (χ1) is 13.2. The summed E-state index contributed by atoms with van der Waals surface area (Å²) in [5.41, 5.74) is 2.54. The Morgan fingerprint density at radius 1 is 1.11 bits per heavy atom. The van der Waals surface area contributed by atoms with Crippen LogP contribution in [0.2, 0.25) is 0 Å². The maximum absolute atomic E-state index is 12.0. The number of piperazine rings is 1. The number of carbonyl (C=O) groups is 1. The van der Waals surface area contributed by atoms with Crippen molar-refractivity contribution in [2.24, 2.45) is 0 Å². The Morgan fingerprint density at radius 2 is 1.85 bits per heavy atom. The van der Waals surface area contributed by atoms with Gasteiger partial charge in [0.15, 0.2) is 0 Å². The van der Waals surface area contributed by atoms with Crippen LogP contribution in [0.4, 0.5) is 0 Å². The van der Waals surface area contributed by atoms with Crippen molar-refractivity contribution in [3.8, 4) is 0 Å². The van der Waals surface area contributed by atoms with Crippen LogP contribution in [0.5, 0.6) is 0 Å². The molecule has 2 heterocycles. The summed E-state index contributed by atoms with van der Waals surface area (Å²) in [6.45, 7) is 6.27. The second-order valence-corrected chi connectivity index (χ2v) is 10.5. The summed E-state index contributed by atoms with van der Waals surface area (Å²) in [5.74, 6) is 1.48. The van der Waals surface area contributed by atoms with Crippen LogP contribution in [0.15, 0.2) is 24.3 Å². The maximum atomic E-state index is 12.0. The van der Waals surface area contributed by atoms with Crippen LogP contribution < -0.4 is 5.32 Å². The summed E-state index contributed by atoms with van der Waals surface area (Å²) in [7, 11) is 6.22. The topological polar surface area (TPSA) is 35.6 Å². The Labute approximate surface area is 172 Å². The zero-order valence-electron chi connectivity index (χ0n) is 16.5. The maximum Gasteiger partial charge on any atom is 0.220 e. The van der Waals surface area contributed by atoms with Gasteiger partial charge in [-0.05, 0) is 37.4 Å². The molecule has 0 bridgehead atoms. The van der Waals surface area contributed by atoms with Gasteiger partial charge in [0.25, 0.3) is 0 Å². The average Bonchev–Trinajstić information content (AvgIpc) is 3.20. The predicted octanol–water partition coefficient (Wildman–Crippen LogP) is 3.76. The first kappa shape index (κ1) is 21.0. The van der Waals surface area contributed by atoms with Gasteiger partial charge in [-0.1, -0.05) is 52.3 Å². The van der Waals surface area contributed by atoms with Crippen molar-refractivity contribution < 1.29 is 4.79 Å². The molecule has 3 rings (SSSR count). The van der Waals surface area contributed by atoms with Gasteiger partial charge in [-0.2, -0.15) is 0 Å². The quantitative estimate of drug-likeness (QED) is 0.498. The Hall–Kier alpha value is -0.690. The van der Waals surface area contributed by atoms with E-state index in [-0.39, 0.29) is 5.91 Å². The molecule has 1 aromatic rings. The van der Waals surface area contributed by atoms with Crippen molar-refractivity contribution in [3.05, 3.63) is 35.4 Å². The van der Waals surface area contributed by atoms with Gasteiger partial charge in [0.2, 0.25) is 5.91 Å². The molecule has 1 atom stereocenters. The summed E-state index contributed by atoms with van der Waals surface area (Å²) in [6.07, 6.45) is 5.45. The molecular formula is C21H33N3OS2. The second kappa shape index (κ2) is 11.3. The number of unbranched alkanes of at least 4 members (excludes halogenated alkanes) is 1. The molecule has 0 saturated carbocycles. The van der Waals surface area contributed by atoms with Crippen LogP contribution in [-0.2, 0) is 17.9 Å². The van der Waals surface area contributed by atoms with Crippen molar-refractivity contribution in [2.75, 3.05) is 39.0 Å². The van der Waals surface area contributed by atoms with Crippen LogP contribution in [0, 0.1) is 0 Å².